The molecule has 2 aliphatic rings. The third-order valence-corrected chi connectivity index (χ3v) is 7.01. The summed E-state index contributed by atoms with van der Waals surface area (Å²) in [4.78, 5) is 18.0. The first-order chi connectivity index (χ1) is 15.5. The lowest BCUT2D eigenvalue weighted by atomic mass is 9.69. The number of aliphatic hydroxyl groups is 1. The van der Waals surface area contributed by atoms with Gasteiger partial charge < -0.3 is 15.0 Å². The van der Waals surface area contributed by atoms with Gasteiger partial charge in [0.15, 0.2) is 0 Å². The maximum absolute atomic E-state index is 14.5. The summed E-state index contributed by atoms with van der Waals surface area (Å²) in [5, 5.41) is 10.1. The van der Waals surface area contributed by atoms with E-state index >= 15 is 0 Å². The number of aliphatic hydroxyl groups excluding tert-OH is 1. The molecule has 0 unspecified atom stereocenters. The highest BCUT2D eigenvalue weighted by Crippen LogP contribution is 2.49. The topological polar surface area (TPSA) is 56.3 Å². The molecule has 3 aromatic rings. The molecule has 0 spiro atoms. The Hall–Kier alpha value is -2.80. The molecular formula is C25H25F3N2O2. The summed E-state index contributed by atoms with van der Waals surface area (Å²) >= 11 is 0. The standard InChI is InChI=1S/C25H25F3N2O2/c26-17-6-4-14(5-7-17)23-22(20-11-18(27)12-21(28)24(20)29-23)15-9-16(10-15)25(32)30-8-2-1-3-19(30)13-31/h4-7,11-12,15-16,19,29,31H,1-3,8-10,13H2/t15?,16?,19-/m1/s1. The minimum absolute atomic E-state index is 0.0302. The van der Waals surface area contributed by atoms with E-state index in [9.17, 15) is 23.1 Å². The van der Waals surface area contributed by atoms with Crippen LogP contribution in [0.15, 0.2) is 36.4 Å². The van der Waals surface area contributed by atoms with Crippen LogP contribution in [0.3, 0.4) is 0 Å². The lowest BCUT2D eigenvalue weighted by Crippen LogP contribution is -2.50. The molecule has 0 radical (unpaired) electrons. The molecule has 1 aromatic heterocycles. The molecule has 7 heteroatoms. The highest BCUT2D eigenvalue weighted by Gasteiger charge is 2.41. The van der Waals surface area contributed by atoms with Crippen LogP contribution in [0.4, 0.5) is 13.2 Å². The van der Waals surface area contributed by atoms with Gasteiger partial charge in [-0.25, -0.2) is 13.2 Å². The van der Waals surface area contributed by atoms with E-state index < -0.39 is 11.6 Å². The number of fused-ring (bicyclic) bond motifs is 1. The normalized spacial score (nSPS) is 23.4. The fourth-order valence-electron chi connectivity index (χ4n) is 5.28. The summed E-state index contributed by atoms with van der Waals surface area (Å²) in [5.74, 6) is -1.88. The first kappa shape index (κ1) is 21.1. The zero-order valence-corrected chi connectivity index (χ0v) is 17.6. The third-order valence-electron chi connectivity index (χ3n) is 7.01. The van der Waals surface area contributed by atoms with Crippen LogP contribution in [0.2, 0.25) is 0 Å². The molecule has 1 amide bonds. The van der Waals surface area contributed by atoms with Crippen molar-refractivity contribution in [3.05, 3.63) is 59.4 Å². The fraction of sp³-hybridized carbons (Fsp3) is 0.400. The summed E-state index contributed by atoms with van der Waals surface area (Å²) in [7, 11) is 0. The maximum atomic E-state index is 14.5. The van der Waals surface area contributed by atoms with Crippen molar-refractivity contribution in [2.45, 2.75) is 44.1 Å². The van der Waals surface area contributed by atoms with Gasteiger partial charge in [0.25, 0.3) is 0 Å². The van der Waals surface area contributed by atoms with E-state index in [0.29, 0.717) is 36.0 Å². The number of nitrogens with zero attached hydrogens (tertiary/aromatic N) is 1. The molecule has 1 saturated carbocycles. The highest BCUT2D eigenvalue weighted by molar-refractivity contribution is 5.92. The van der Waals surface area contributed by atoms with Crippen LogP contribution >= 0.6 is 0 Å². The number of carbonyl (C=O) groups is 1. The molecule has 1 saturated heterocycles. The van der Waals surface area contributed by atoms with Crippen molar-refractivity contribution in [3.8, 4) is 11.3 Å². The van der Waals surface area contributed by atoms with Gasteiger partial charge in [-0.3, -0.25) is 4.79 Å². The number of rotatable bonds is 4. The average Bonchev–Trinajstić information content (AvgIpc) is 3.12. The first-order valence-corrected chi connectivity index (χ1v) is 11.1. The predicted octanol–water partition coefficient (Wildman–Crippen LogP) is 5.12. The summed E-state index contributed by atoms with van der Waals surface area (Å²) in [6.45, 7) is 0.632. The van der Waals surface area contributed by atoms with Crippen molar-refractivity contribution >= 4 is 16.8 Å². The number of piperidine rings is 1. The number of likely N-dealkylation sites (tertiary alicyclic amines) is 1. The van der Waals surface area contributed by atoms with Crippen LogP contribution in [-0.2, 0) is 4.79 Å². The van der Waals surface area contributed by atoms with Gasteiger partial charge in [0, 0.05) is 23.9 Å². The van der Waals surface area contributed by atoms with Crippen LogP contribution < -0.4 is 0 Å². The van der Waals surface area contributed by atoms with Crippen molar-refractivity contribution in [2.24, 2.45) is 5.92 Å². The quantitative estimate of drug-likeness (QED) is 0.589. The number of aromatic nitrogens is 1. The molecule has 1 aliphatic heterocycles. The van der Waals surface area contributed by atoms with Crippen molar-refractivity contribution in [1.82, 2.24) is 9.88 Å². The number of benzene rings is 2. The molecule has 1 atom stereocenters. The fourth-order valence-corrected chi connectivity index (χ4v) is 5.28. The van der Waals surface area contributed by atoms with E-state index in [1.807, 2.05) is 0 Å². The maximum Gasteiger partial charge on any atom is 0.226 e. The number of H-pyrrole nitrogens is 1. The van der Waals surface area contributed by atoms with E-state index in [4.69, 9.17) is 0 Å². The van der Waals surface area contributed by atoms with Crippen molar-refractivity contribution in [2.75, 3.05) is 13.2 Å². The van der Waals surface area contributed by atoms with Crippen LogP contribution in [0.5, 0.6) is 0 Å². The summed E-state index contributed by atoms with van der Waals surface area (Å²) in [6, 6.07) is 7.92. The van der Waals surface area contributed by atoms with E-state index in [-0.39, 0.29) is 41.7 Å². The van der Waals surface area contributed by atoms with Crippen LogP contribution in [0, 0.1) is 23.4 Å². The van der Waals surface area contributed by atoms with Gasteiger partial charge in [-0.15, -0.1) is 0 Å². The Balaban J connectivity index is 1.47. The lowest BCUT2D eigenvalue weighted by Gasteiger charge is -2.42. The van der Waals surface area contributed by atoms with E-state index in [1.54, 1.807) is 17.0 Å². The van der Waals surface area contributed by atoms with Crippen LogP contribution in [0.25, 0.3) is 22.2 Å². The van der Waals surface area contributed by atoms with Crippen molar-refractivity contribution < 1.29 is 23.1 Å². The predicted molar refractivity (Wildman–Crippen MR) is 116 cm³/mol. The molecule has 2 fully saturated rings. The SMILES string of the molecule is O=C(C1CC(c2c(-c3ccc(F)cc3)[nH]c3c(F)cc(F)cc23)C1)N1CCCC[C@@H]1CO. The van der Waals surface area contributed by atoms with Gasteiger partial charge in [0.2, 0.25) is 5.91 Å². The van der Waals surface area contributed by atoms with Crippen LogP contribution in [-0.4, -0.2) is 40.1 Å². The number of nitrogens with one attached hydrogen (secondary N) is 1. The Kier molecular flexibility index (Phi) is 5.45. The molecule has 168 valence electrons. The number of hydrogen-bond donors (Lipinski definition) is 2. The zero-order chi connectivity index (χ0) is 22.4. The molecule has 2 aromatic carbocycles. The second-order valence-electron chi connectivity index (χ2n) is 8.96. The average molecular weight is 442 g/mol. The Bertz CT molecular complexity index is 1150. The molecule has 32 heavy (non-hydrogen) atoms. The Morgan fingerprint density at radius 3 is 2.53 bits per heavy atom. The summed E-state index contributed by atoms with van der Waals surface area (Å²) in [6.07, 6.45) is 3.91. The van der Waals surface area contributed by atoms with Gasteiger partial charge in [0.05, 0.1) is 23.9 Å². The van der Waals surface area contributed by atoms with E-state index in [2.05, 4.69) is 4.98 Å². The number of aromatic amines is 1. The minimum Gasteiger partial charge on any atom is -0.394 e. The molecule has 2 heterocycles. The first-order valence-electron chi connectivity index (χ1n) is 11.1. The number of carbonyl (C=O) groups excluding carboxylic acids is 1. The van der Waals surface area contributed by atoms with Crippen molar-refractivity contribution in [3.63, 3.8) is 0 Å². The summed E-state index contributed by atoms with van der Waals surface area (Å²) < 4.78 is 42.0. The molecule has 2 N–H and O–H groups in total. The second-order valence-corrected chi connectivity index (χ2v) is 8.96. The second kappa shape index (κ2) is 8.28. The zero-order valence-electron chi connectivity index (χ0n) is 17.6. The summed E-state index contributed by atoms with van der Waals surface area (Å²) in [5.41, 5.74) is 2.30. The van der Waals surface area contributed by atoms with E-state index in [1.165, 1.54) is 18.2 Å². The smallest absolute Gasteiger partial charge is 0.226 e. The molecular weight excluding hydrogens is 417 g/mol. The molecule has 5 rings (SSSR count). The minimum atomic E-state index is -0.680. The van der Waals surface area contributed by atoms with Crippen molar-refractivity contribution in [1.29, 1.82) is 0 Å². The van der Waals surface area contributed by atoms with Gasteiger partial charge >= 0.3 is 0 Å². The Labute approximate surface area is 184 Å². The molecule has 0 bridgehead atoms. The van der Waals surface area contributed by atoms with E-state index in [0.717, 1.165) is 30.9 Å². The van der Waals surface area contributed by atoms with Crippen LogP contribution in [0.1, 0.15) is 43.6 Å². The Morgan fingerprint density at radius 1 is 1.06 bits per heavy atom. The van der Waals surface area contributed by atoms with Gasteiger partial charge in [-0.05, 0) is 79.5 Å². The van der Waals surface area contributed by atoms with Gasteiger partial charge in [0.1, 0.15) is 17.5 Å². The monoisotopic (exact) mass is 442 g/mol. The number of hydrogen-bond acceptors (Lipinski definition) is 2. The lowest BCUT2D eigenvalue weighted by molar-refractivity contribution is -0.143. The number of halogens is 3. The number of amides is 1. The highest BCUT2D eigenvalue weighted by atomic mass is 19.1. The Morgan fingerprint density at radius 2 is 1.81 bits per heavy atom. The molecule has 4 nitrogen and oxygen atoms in total. The third kappa shape index (κ3) is 3.58. The largest absolute Gasteiger partial charge is 0.394 e. The van der Waals surface area contributed by atoms with Gasteiger partial charge in [-0.2, -0.15) is 0 Å². The van der Waals surface area contributed by atoms with Gasteiger partial charge in [-0.1, -0.05) is 0 Å². The molecule has 1 aliphatic carbocycles.